The number of hydrogen-bond acceptors (Lipinski definition) is 6. The van der Waals surface area contributed by atoms with Gasteiger partial charge in [0.2, 0.25) is 0 Å². The van der Waals surface area contributed by atoms with Crippen molar-refractivity contribution in [3.63, 3.8) is 0 Å². The number of esters is 3. The van der Waals surface area contributed by atoms with E-state index in [0.29, 0.717) is 19.3 Å². The lowest BCUT2D eigenvalue weighted by Gasteiger charge is -2.18. The van der Waals surface area contributed by atoms with Crippen molar-refractivity contribution in [2.45, 2.75) is 258 Å². The molecule has 0 aromatic heterocycles. The lowest BCUT2D eigenvalue weighted by molar-refractivity contribution is -0.167. The Kier molecular flexibility index (Phi) is 58.0. The molecule has 1 atom stereocenters. The number of allylic oxidation sites excluding steroid dienone is 24. The van der Waals surface area contributed by atoms with Crippen molar-refractivity contribution in [1.82, 2.24) is 0 Å². The molecule has 0 fully saturated rings. The van der Waals surface area contributed by atoms with Crippen LogP contribution in [-0.2, 0) is 28.6 Å². The van der Waals surface area contributed by atoms with E-state index in [4.69, 9.17) is 14.2 Å². The second-order valence-corrected chi connectivity index (χ2v) is 19.5. The van der Waals surface area contributed by atoms with Gasteiger partial charge in [-0.1, -0.05) is 237 Å². The van der Waals surface area contributed by atoms with E-state index >= 15 is 0 Å². The molecule has 0 aromatic carbocycles. The highest BCUT2D eigenvalue weighted by Gasteiger charge is 2.19. The summed E-state index contributed by atoms with van der Waals surface area (Å²) in [5.41, 5.74) is 0. The molecule has 0 rings (SSSR count). The van der Waals surface area contributed by atoms with Gasteiger partial charge in [-0.05, 0) is 141 Å². The van der Waals surface area contributed by atoms with E-state index in [1.807, 2.05) is 0 Å². The van der Waals surface area contributed by atoms with Gasteiger partial charge in [0.25, 0.3) is 0 Å². The van der Waals surface area contributed by atoms with Crippen LogP contribution in [0.25, 0.3) is 0 Å². The first-order valence-corrected chi connectivity index (χ1v) is 30.3. The highest BCUT2D eigenvalue weighted by molar-refractivity contribution is 5.71. The largest absolute Gasteiger partial charge is 0.462 e. The van der Waals surface area contributed by atoms with Gasteiger partial charge in [0.05, 0.1) is 0 Å². The molecule has 0 aliphatic carbocycles. The molecular formula is C69H110O6. The fraction of sp³-hybridized carbons (Fsp3) is 0.609. The summed E-state index contributed by atoms with van der Waals surface area (Å²) < 4.78 is 16.8. The second kappa shape index (κ2) is 61.8. The zero-order valence-electron chi connectivity index (χ0n) is 48.3. The Morgan fingerprint density at radius 1 is 0.280 bits per heavy atom. The number of hydrogen-bond donors (Lipinski definition) is 0. The fourth-order valence-electron chi connectivity index (χ4n) is 7.76. The van der Waals surface area contributed by atoms with Crippen molar-refractivity contribution in [3.8, 4) is 0 Å². The Balaban J connectivity index is 4.37. The maximum atomic E-state index is 12.8. The Hall–Kier alpha value is -4.71. The summed E-state index contributed by atoms with van der Waals surface area (Å²) in [6.07, 6.45) is 88.5. The van der Waals surface area contributed by atoms with Gasteiger partial charge < -0.3 is 14.2 Å². The maximum absolute atomic E-state index is 12.8. The van der Waals surface area contributed by atoms with Crippen molar-refractivity contribution in [3.05, 3.63) is 146 Å². The molecule has 6 nitrogen and oxygen atoms in total. The highest BCUT2D eigenvalue weighted by Crippen LogP contribution is 2.13. The molecule has 0 spiro atoms. The standard InChI is InChI=1S/C69H110O6/c1-4-7-10-13-16-19-22-25-26-27-28-29-30-31-32-33-34-35-36-37-38-39-40-41-42-45-47-50-53-56-59-62-68(71)74-65-66(75-69(72)63-60-57-54-51-48-44-24-21-18-15-12-9-6-3)64-73-67(70)61-58-55-52-49-46-43-23-20-17-14-11-8-5-2/h7,10,12,15-16,19-21,23-26,28-29,31-32,34-35,37-38,40-41,45,47,66H,4-6,8-9,11,13-14,17-18,22,27,30,33,36,39,42-44,46,48-65H2,1-3H3/b10-7-,15-12-,19-16-,23-20-,24-21-,26-25-,29-28-,32-31-,35-34-,38-37-,41-40-,47-45-. The second-order valence-electron chi connectivity index (χ2n) is 19.5. The van der Waals surface area contributed by atoms with Crippen molar-refractivity contribution >= 4 is 17.9 Å². The summed E-state index contributed by atoms with van der Waals surface area (Å²) in [7, 11) is 0. The Morgan fingerprint density at radius 3 is 0.893 bits per heavy atom. The van der Waals surface area contributed by atoms with Crippen LogP contribution < -0.4 is 0 Å². The molecule has 1 unspecified atom stereocenters. The fourth-order valence-corrected chi connectivity index (χ4v) is 7.76. The van der Waals surface area contributed by atoms with Gasteiger partial charge in [-0.25, -0.2) is 0 Å². The van der Waals surface area contributed by atoms with Crippen LogP contribution in [0.5, 0.6) is 0 Å². The van der Waals surface area contributed by atoms with Crippen LogP contribution >= 0.6 is 0 Å². The van der Waals surface area contributed by atoms with Gasteiger partial charge in [0, 0.05) is 19.3 Å². The van der Waals surface area contributed by atoms with Crippen LogP contribution in [0.1, 0.15) is 252 Å². The van der Waals surface area contributed by atoms with Crippen LogP contribution in [-0.4, -0.2) is 37.2 Å². The summed E-state index contributed by atoms with van der Waals surface area (Å²) >= 11 is 0. The number of ether oxygens (including phenoxy) is 3. The maximum Gasteiger partial charge on any atom is 0.306 e. The minimum Gasteiger partial charge on any atom is -0.462 e. The number of carbonyl (C=O) groups is 3. The number of unbranched alkanes of at least 4 members (excludes halogenated alkanes) is 18. The summed E-state index contributed by atoms with van der Waals surface area (Å²) in [5.74, 6) is -0.966. The van der Waals surface area contributed by atoms with Crippen molar-refractivity contribution in [2.75, 3.05) is 13.2 Å². The smallest absolute Gasteiger partial charge is 0.306 e. The van der Waals surface area contributed by atoms with Gasteiger partial charge in [0.15, 0.2) is 6.10 Å². The van der Waals surface area contributed by atoms with E-state index in [0.717, 1.165) is 167 Å². The Morgan fingerprint density at radius 2 is 0.547 bits per heavy atom. The lowest BCUT2D eigenvalue weighted by atomic mass is 10.1. The average molecular weight is 1040 g/mol. The Labute approximate surface area is 461 Å². The van der Waals surface area contributed by atoms with Crippen molar-refractivity contribution in [1.29, 1.82) is 0 Å². The molecule has 0 saturated heterocycles. The van der Waals surface area contributed by atoms with Crippen LogP contribution in [0.15, 0.2) is 146 Å². The molecule has 0 saturated carbocycles. The third-order valence-electron chi connectivity index (χ3n) is 12.3. The molecule has 0 amide bonds. The quantitative estimate of drug-likeness (QED) is 0.0261. The van der Waals surface area contributed by atoms with E-state index in [9.17, 15) is 14.4 Å². The van der Waals surface area contributed by atoms with Gasteiger partial charge >= 0.3 is 17.9 Å². The minimum absolute atomic E-state index is 0.103. The topological polar surface area (TPSA) is 78.9 Å². The molecule has 0 heterocycles. The summed E-state index contributed by atoms with van der Waals surface area (Å²) in [4.78, 5) is 38.1. The van der Waals surface area contributed by atoms with E-state index < -0.39 is 6.10 Å². The third-order valence-corrected chi connectivity index (χ3v) is 12.3. The zero-order chi connectivity index (χ0) is 54.3. The first-order chi connectivity index (χ1) is 37.0. The summed E-state index contributed by atoms with van der Waals surface area (Å²) in [5, 5.41) is 0. The first kappa shape index (κ1) is 70.3. The van der Waals surface area contributed by atoms with E-state index in [1.54, 1.807) is 0 Å². The normalized spacial score (nSPS) is 13.2. The van der Waals surface area contributed by atoms with Gasteiger partial charge in [-0.2, -0.15) is 0 Å². The van der Waals surface area contributed by atoms with Crippen LogP contribution in [0.4, 0.5) is 0 Å². The number of rotatable bonds is 53. The average Bonchev–Trinajstić information content (AvgIpc) is 3.41. The predicted molar refractivity (Wildman–Crippen MR) is 325 cm³/mol. The van der Waals surface area contributed by atoms with Crippen molar-refractivity contribution in [2.24, 2.45) is 0 Å². The van der Waals surface area contributed by atoms with Crippen LogP contribution in [0.3, 0.4) is 0 Å². The van der Waals surface area contributed by atoms with Crippen LogP contribution in [0.2, 0.25) is 0 Å². The minimum atomic E-state index is -0.808. The summed E-state index contributed by atoms with van der Waals surface area (Å²) in [6, 6.07) is 0. The molecule has 0 radical (unpaired) electrons. The molecular weight excluding hydrogens is 925 g/mol. The van der Waals surface area contributed by atoms with E-state index in [-0.39, 0.29) is 31.1 Å². The summed E-state index contributed by atoms with van der Waals surface area (Å²) in [6.45, 7) is 6.39. The van der Waals surface area contributed by atoms with Gasteiger partial charge in [0.1, 0.15) is 13.2 Å². The molecule has 422 valence electrons. The molecule has 0 aliphatic rings. The van der Waals surface area contributed by atoms with Gasteiger partial charge in [-0.15, -0.1) is 0 Å². The lowest BCUT2D eigenvalue weighted by Crippen LogP contribution is -2.30. The van der Waals surface area contributed by atoms with Crippen molar-refractivity contribution < 1.29 is 28.6 Å². The molecule has 0 N–H and O–H groups in total. The molecule has 75 heavy (non-hydrogen) atoms. The number of carbonyl (C=O) groups excluding carboxylic acids is 3. The Bertz CT molecular complexity index is 1660. The van der Waals surface area contributed by atoms with E-state index in [1.165, 1.54) is 44.9 Å². The molecule has 0 aliphatic heterocycles. The third kappa shape index (κ3) is 60.0. The molecule has 6 heteroatoms. The highest BCUT2D eigenvalue weighted by atomic mass is 16.6. The first-order valence-electron chi connectivity index (χ1n) is 30.3. The van der Waals surface area contributed by atoms with E-state index in [2.05, 4.69) is 167 Å². The SMILES string of the molecule is CC/C=C\C/C=C\C/C=C\C/C=C\C/C=C\C/C=C\C/C=C\C/C=C\C/C=C\CCCCCC(=O)OCC(COC(=O)CCCCCCC/C=C\CCCCCC)OC(=O)CCCCCCC/C=C\C/C=C\CCC. The van der Waals surface area contributed by atoms with Crippen LogP contribution in [0, 0.1) is 0 Å². The zero-order valence-corrected chi connectivity index (χ0v) is 48.3. The van der Waals surface area contributed by atoms with Gasteiger partial charge in [-0.3, -0.25) is 14.4 Å². The monoisotopic (exact) mass is 1030 g/mol. The molecule has 0 bridgehead atoms. The predicted octanol–water partition coefficient (Wildman–Crippen LogP) is 20.8. The molecule has 0 aromatic rings.